The van der Waals surface area contributed by atoms with Crippen molar-refractivity contribution in [3.05, 3.63) is 66.0 Å². The molecule has 1 heterocycles. The van der Waals surface area contributed by atoms with E-state index in [2.05, 4.69) is 20.1 Å². The van der Waals surface area contributed by atoms with Crippen LogP contribution in [-0.2, 0) is 21.7 Å². The van der Waals surface area contributed by atoms with Gasteiger partial charge < -0.3 is 0 Å². The molecule has 3 rings (SSSR count). The van der Waals surface area contributed by atoms with E-state index in [1.165, 1.54) is 30.5 Å². The van der Waals surface area contributed by atoms with E-state index in [0.717, 1.165) is 12.1 Å². The van der Waals surface area contributed by atoms with Gasteiger partial charge in [0, 0.05) is 0 Å². The maximum Gasteiger partial charge on any atom is 0.416 e. The average Bonchev–Trinajstić information content (AvgIpc) is 3.27. The van der Waals surface area contributed by atoms with E-state index in [1.54, 1.807) is 12.1 Å². The molecule has 0 amide bonds. The summed E-state index contributed by atoms with van der Waals surface area (Å²) in [6, 6.07) is 10.7. The summed E-state index contributed by atoms with van der Waals surface area (Å²) >= 11 is 0. The van der Waals surface area contributed by atoms with Gasteiger partial charge in [-0.1, -0.05) is 43.3 Å². The Balaban J connectivity index is 1.86. The number of rotatable bonds is 7. The van der Waals surface area contributed by atoms with E-state index < -0.39 is 27.3 Å². The van der Waals surface area contributed by atoms with Crippen molar-refractivity contribution in [1.82, 2.24) is 20.1 Å². The molecular weight excluding hydrogens is 417 g/mol. The van der Waals surface area contributed by atoms with E-state index in [9.17, 15) is 21.6 Å². The first-order valence-corrected chi connectivity index (χ1v) is 10.8. The van der Waals surface area contributed by atoms with Crippen LogP contribution in [0.4, 0.5) is 13.2 Å². The molecular formula is C20H21F3N4O2S. The van der Waals surface area contributed by atoms with Crippen LogP contribution in [0, 0.1) is 0 Å². The predicted molar refractivity (Wildman–Crippen MR) is 106 cm³/mol. The molecule has 3 aromatic rings. The number of nitrogens with zero attached hydrogens (tertiary/aromatic N) is 2. The summed E-state index contributed by atoms with van der Waals surface area (Å²) in [4.78, 5) is 0.0527. The van der Waals surface area contributed by atoms with Gasteiger partial charge in [0.1, 0.15) is 0 Å². The minimum Gasteiger partial charge on any atom is -0.260 e. The fourth-order valence-corrected chi connectivity index (χ4v) is 4.78. The Labute approximate surface area is 172 Å². The van der Waals surface area contributed by atoms with Crippen molar-refractivity contribution in [1.29, 1.82) is 0 Å². The Kier molecular flexibility index (Phi) is 6.00. The van der Waals surface area contributed by atoms with E-state index in [4.69, 9.17) is 0 Å². The highest BCUT2D eigenvalue weighted by Crippen LogP contribution is 2.32. The number of halogens is 3. The monoisotopic (exact) mass is 438 g/mol. The van der Waals surface area contributed by atoms with E-state index in [0.29, 0.717) is 29.7 Å². The number of H-pyrrole nitrogens is 1. The Morgan fingerprint density at radius 2 is 1.47 bits per heavy atom. The summed E-state index contributed by atoms with van der Waals surface area (Å²) < 4.78 is 66.8. The highest BCUT2D eigenvalue weighted by Gasteiger charge is 2.35. The maximum absolute atomic E-state index is 13.0. The molecule has 10 heteroatoms. The smallest absolute Gasteiger partial charge is 0.260 e. The highest BCUT2D eigenvalue weighted by atomic mass is 32.2. The number of alkyl halides is 3. The molecule has 0 unspecified atom stereocenters. The van der Waals surface area contributed by atoms with Crippen LogP contribution in [0.15, 0.2) is 59.6 Å². The minimum atomic E-state index is -4.41. The topological polar surface area (TPSA) is 87.7 Å². The number of benzene rings is 2. The van der Waals surface area contributed by atoms with Crippen molar-refractivity contribution in [3.63, 3.8) is 0 Å². The quantitative estimate of drug-likeness (QED) is 0.569. The first-order chi connectivity index (χ1) is 14.1. The zero-order valence-electron chi connectivity index (χ0n) is 16.4. The Morgan fingerprint density at radius 3 is 1.90 bits per heavy atom. The van der Waals surface area contributed by atoms with Crippen LogP contribution >= 0.6 is 0 Å². The fourth-order valence-electron chi connectivity index (χ4n) is 3.25. The number of sulfonamides is 1. The standard InChI is InChI=1S/C20H21F3N4O2S/c1-3-19(4-2,18-13-24-27-25-18)26-30(28,29)17-11-7-15(8-12-17)14-5-9-16(10-6-14)20(21,22)23/h5-13,26H,3-4H2,1-2H3,(H,24,25,27). The largest absolute Gasteiger partial charge is 0.416 e. The van der Waals surface area contributed by atoms with Crippen molar-refractivity contribution in [2.75, 3.05) is 0 Å². The Morgan fingerprint density at radius 1 is 0.933 bits per heavy atom. The summed E-state index contributed by atoms with van der Waals surface area (Å²) in [5.41, 5.74) is 0.113. The number of hydrogen-bond donors (Lipinski definition) is 2. The average molecular weight is 438 g/mol. The van der Waals surface area contributed by atoms with Crippen LogP contribution in [-0.4, -0.2) is 23.8 Å². The van der Waals surface area contributed by atoms with Gasteiger partial charge in [-0.05, 0) is 48.2 Å². The molecule has 160 valence electrons. The molecule has 0 aliphatic carbocycles. The van der Waals surface area contributed by atoms with Crippen molar-refractivity contribution >= 4 is 10.0 Å². The molecule has 0 atom stereocenters. The maximum atomic E-state index is 13.0. The number of hydrogen-bond acceptors (Lipinski definition) is 4. The van der Waals surface area contributed by atoms with Crippen molar-refractivity contribution in [3.8, 4) is 11.1 Å². The summed E-state index contributed by atoms with van der Waals surface area (Å²) in [5.74, 6) is 0. The van der Waals surface area contributed by atoms with Crippen LogP contribution in [0.25, 0.3) is 11.1 Å². The number of nitrogens with one attached hydrogen (secondary N) is 2. The molecule has 2 N–H and O–H groups in total. The van der Waals surface area contributed by atoms with Gasteiger partial charge in [-0.2, -0.15) is 17.9 Å². The van der Waals surface area contributed by atoms with Crippen LogP contribution in [0.3, 0.4) is 0 Å². The van der Waals surface area contributed by atoms with Crippen LogP contribution in [0.2, 0.25) is 0 Å². The summed E-state index contributed by atoms with van der Waals surface area (Å²) in [5, 5.41) is 10.1. The van der Waals surface area contributed by atoms with Crippen molar-refractivity contribution in [2.45, 2.75) is 43.3 Å². The van der Waals surface area contributed by atoms with Gasteiger partial charge in [0.2, 0.25) is 10.0 Å². The number of aromatic nitrogens is 3. The lowest BCUT2D eigenvalue weighted by Gasteiger charge is -2.30. The Bertz CT molecular complexity index is 1070. The molecule has 6 nitrogen and oxygen atoms in total. The second kappa shape index (κ2) is 8.19. The van der Waals surface area contributed by atoms with Gasteiger partial charge >= 0.3 is 6.18 Å². The van der Waals surface area contributed by atoms with Gasteiger partial charge in [0.25, 0.3) is 0 Å². The second-order valence-electron chi connectivity index (χ2n) is 6.86. The van der Waals surface area contributed by atoms with E-state index in [-0.39, 0.29) is 4.90 Å². The third-order valence-corrected chi connectivity index (χ3v) is 6.73. The molecule has 2 aromatic carbocycles. The fraction of sp³-hybridized carbons (Fsp3) is 0.300. The predicted octanol–water partition coefficient (Wildman–Crippen LogP) is 4.48. The van der Waals surface area contributed by atoms with Crippen LogP contribution < -0.4 is 4.72 Å². The molecule has 0 aliphatic rings. The Hall–Kier alpha value is -2.72. The first-order valence-electron chi connectivity index (χ1n) is 9.29. The number of aromatic amines is 1. The lowest BCUT2D eigenvalue weighted by Crippen LogP contribution is -2.45. The second-order valence-corrected chi connectivity index (χ2v) is 8.55. The summed E-state index contributed by atoms with van der Waals surface area (Å²) in [6.45, 7) is 3.72. The molecule has 1 aromatic heterocycles. The first kappa shape index (κ1) is 22.0. The molecule has 0 saturated carbocycles. The summed E-state index contributed by atoms with van der Waals surface area (Å²) in [6.07, 6.45) is -1.95. The van der Waals surface area contributed by atoms with Gasteiger partial charge in [-0.3, -0.25) is 5.10 Å². The molecule has 0 aliphatic heterocycles. The molecule has 30 heavy (non-hydrogen) atoms. The van der Waals surface area contributed by atoms with E-state index in [1.807, 2.05) is 13.8 Å². The zero-order chi connectivity index (χ0) is 22.0. The molecule has 0 spiro atoms. The summed E-state index contributed by atoms with van der Waals surface area (Å²) in [7, 11) is -3.87. The molecule has 0 radical (unpaired) electrons. The third kappa shape index (κ3) is 4.39. The molecule has 0 fully saturated rings. The van der Waals surface area contributed by atoms with Gasteiger partial charge in [0.05, 0.1) is 27.9 Å². The van der Waals surface area contributed by atoms with Gasteiger partial charge in [0.15, 0.2) is 0 Å². The molecule has 0 bridgehead atoms. The van der Waals surface area contributed by atoms with Gasteiger partial charge in [-0.25, -0.2) is 8.42 Å². The van der Waals surface area contributed by atoms with E-state index >= 15 is 0 Å². The van der Waals surface area contributed by atoms with Crippen LogP contribution in [0.1, 0.15) is 37.9 Å². The van der Waals surface area contributed by atoms with Crippen molar-refractivity contribution < 1.29 is 21.6 Å². The normalized spacial score (nSPS) is 12.8. The third-order valence-electron chi connectivity index (χ3n) is 5.18. The zero-order valence-corrected chi connectivity index (χ0v) is 17.2. The highest BCUT2D eigenvalue weighted by molar-refractivity contribution is 7.89. The SMILES string of the molecule is CCC(CC)(NS(=O)(=O)c1ccc(-c2ccc(C(F)(F)F)cc2)cc1)c1cnn[nH]1. The lowest BCUT2D eigenvalue weighted by atomic mass is 9.91. The van der Waals surface area contributed by atoms with Gasteiger partial charge in [-0.15, -0.1) is 5.10 Å². The lowest BCUT2D eigenvalue weighted by molar-refractivity contribution is -0.137. The molecule has 0 saturated heterocycles. The van der Waals surface area contributed by atoms with Crippen molar-refractivity contribution in [2.24, 2.45) is 0 Å². The van der Waals surface area contributed by atoms with Crippen LogP contribution in [0.5, 0.6) is 0 Å². The minimum absolute atomic E-state index is 0.0527.